The number of primary amides is 1. The Hall–Kier alpha value is -2.42. The SMILES string of the molecule is COc1ccc(S(=O)(=O)N(Cc2ccccc2)C(C(N)=O)N2CCC(C)CC2)cc1. The van der Waals surface area contributed by atoms with Crippen LogP contribution in [0, 0.1) is 5.92 Å². The van der Waals surface area contributed by atoms with Gasteiger partial charge in [-0.3, -0.25) is 9.69 Å². The molecule has 8 heteroatoms. The van der Waals surface area contributed by atoms with E-state index in [-0.39, 0.29) is 11.4 Å². The Morgan fingerprint density at radius 1 is 1.13 bits per heavy atom. The minimum Gasteiger partial charge on any atom is -0.497 e. The molecule has 0 spiro atoms. The smallest absolute Gasteiger partial charge is 0.250 e. The number of likely N-dealkylation sites (tertiary alicyclic amines) is 1. The Bertz CT molecular complexity index is 940. The van der Waals surface area contributed by atoms with Crippen LogP contribution >= 0.6 is 0 Å². The van der Waals surface area contributed by atoms with Gasteiger partial charge >= 0.3 is 0 Å². The van der Waals surface area contributed by atoms with Crippen molar-refractivity contribution >= 4 is 15.9 Å². The lowest BCUT2D eigenvalue weighted by molar-refractivity contribution is -0.128. The van der Waals surface area contributed by atoms with Crippen molar-refractivity contribution in [3.8, 4) is 5.75 Å². The molecule has 0 aliphatic carbocycles. The van der Waals surface area contributed by atoms with Crippen LogP contribution in [0.4, 0.5) is 0 Å². The molecule has 1 unspecified atom stereocenters. The molecule has 1 aliphatic heterocycles. The third-order valence-electron chi connectivity index (χ3n) is 5.54. The number of nitrogens with zero attached hydrogens (tertiary/aromatic N) is 2. The predicted octanol–water partition coefficient (Wildman–Crippen LogP) is 2.43. The third kappa shape index (κ3) is 5.00. The van der Waals surface area contributed by atoms with Crippen molar-refractivity contribution in [2.75, 3.05) is 20.2 Å². The second kappa shape index (κ2) is 9.59. The number of nitrogens with two attached hydrogens (primary N) is 1. The number of hydrogen-bond donors (Lipinski definition) is 1. The molecule has 1 atom stereocenters. The zero-order valence-corrected chi connectivity index (χ0v) is 18.2. The fourth-order valence-corrected chi connectivity index (χ4v) is 5.30. The summed E-state index contributed by atoms with van der Waals surface area (Å²) >= 11 is 0. The first-order valence-electron chi connectivity index (χ1n) is 10.1. The molecule has 3 rings (SSSR count). The van der Waals surface area contributed by atoms with Crippen molar-refractivity contribution in [2.24, 2.45) is 11.7 Å². The minimum atomic E-state index is -4.00. The van der Waals surface area contributed by atoms with Crippen molar-refractivity contribution in [3.05, 3.63) is 60.2 Å². The molecule has 1 fully saturated rings. The van der Waals surface area contributed by atoms with E-state index in [4.69, 9.17) is 10.5 Å². The summed E-state index contributed by atoms with van der Waals surface area (Å²) in [5.74, 6) is 0.424. The molecule has 0 bridgehead atoms. The topological polar surface area (TPSA) is 92.9 Å². The lowest BCUT2D eigenvalue weighted by Gasteiger charge is -2.40. The second-order valence-electron chi connectivity index (χ2n) is 7.71. The number of carbonyl (C=O) groups is 1. The van der Waals surface area contributed by atoms with Crippen molar-refractivity contribution < 1.29 is 17.9 Å². The summed E-state index contributed by atoms with van der Waals surface area (Å²) in [5.41, 5.74) is 6.55. The molecule has 1 saturated heterocycles. The van der Waals surface area contributed by atoms with Crippen LogP contribution in [0.25, 0.3) is 0 Å². The monoisotopic (exact) mass is 431 g/mol. The van der Waals surface area contributed by atoms with Crippen molar-refractivity contribution in [1.82, 2.24) is 9.21 Å². The number of amides is 1. The lowest BCUT2D eigenvalue weighted by atomic mass is 9.99. The molecule has 2 N–H and O–H groups in total. The van der Waals surface area contributed by atoms with E-state index in [1.165, 1.54) is 23.5 Å². The van der Waals surface area contributed by atoms with E-state index in [2.05, 4.69) is 6.92 Å². The van der Waals surface area contributed by atoms with Crippen LogP contribution in [0.15, 0.2) is 59.5 Å². The first-order chi connectivity index (χ1) is 14.3. The zero-order valence-electron chi connectivity index (χ0n) is 17.4. The molecule has 0 aromatic heterocycles. The van der Waals surface area contributed by atoms with E-state index < -0.39 is 22.1 Å². The van der Waals surface area contributed by atoms with Crippen molar-refractivity contribution in [1.29, 1.82) is 0 Å². The standard InChI is InChI=1S/C22H29N3O4S/c1-17-12-14-24(15-13-17)22(21(23)26)25(16-18-6-4-3-5-7-18)30(27,28)20-10-8-19(29-2)9-11-20/h3-11,17,22H,12-16H2,1-2H3,(H2,23,26). The van der Waals surface area contributed by atoms with Crippen LogP contribution in [0.3, 0.4) is 0 Å². The van der Waals surface area contributed by atoms with Gasteiger partial charge in [-0.05, 0) is 48.6 Å². The molecule has 2 aromatic carbocycles. The van der Waals surface area contributed by atoms with E-state index >= 15 is 0 Å². The van der Waals surface area contributed by atoms with Crippen LogP contribution in [0.1, 0.15) is 25.3 Å². The number of sulfonamides is 1. The van der Waals surface area contributed by atoms with Gasteiger partial charge in [0.1, 0.15) is 5.75 Å². The number of hydrogen-bond acceptors (Lipinski definition) is 5. The molecule has 2 aromatic rings. The quantitative estimate of drug-likeness (QED) is 0.693. The average molecular weight is 432 g/mol. The van der Waals surface area contributed by atoms with Gasteiger partial charge in [0.2, 0.25) is 10.0 Å². The average Bonchev–Trinajstić information content (AvgIpc) is 2.75. The first kappa shape index (κ1) is 22.3. The maximum Gasteiger partial charge on any atom is 0.250 e. The highest BCUT2D eigenvalue weighted by Gasteiger charge is 2.39. The van der Waals surface area contributed by atoms with Gasteiger partial charge < -0.3 is 10.5 Å². The highest BCUT2D eigenvalue weighted by Crippen LogP contribution is 2.27. The van der Waals surface area contributed by atoms with Crippen LogP contribution < -0.4 is 10.5 Å². The molecular weight excluding hydrogens is 402 g/mol. The molecule has 0 saturated carbocycles. The number of ether oxygens (including phenoxy) is 1. The highest BCUT2D eigenvalue weighted by molar-refractivity contribution is 7.89. The van der Waals surface area contributed by atoms with Crippen molar-refractivity contribution in [2.45, 2.75) is 37.4 Å². The Kier molecular flexibility index (Phi) is 7.12. The molecule has 162 valence electrons. The summed E-state index contributed by atoms with van der Waals surface area (Å²) in [7, 11) is -2.48. The van der Waals surface area contributed by atoms with Crippen LogP contribution in [-0.2, 0) is 21.4 Å². The zero-order chi connectivity index (χ0) is 21.7. The number of methoxy groups -OCH3 is 1. The molecule has 1 amide bonds. The van der Waals surface area contributed by atoms with Gasteiger partial charge in [0, 0.05) is 19.6 Å². The highest BCUT2D eigenvalue weighted by atomic mass is 32.2. The van der Waals surface area contributed by atoms with Crippen LogP contribution in [0.2, 0.25) is 0 Å². The third-order valence-corrected chi connectivity index (χ3v) is 7.35. The van der Waals surface area contributed by atoms with E-state index in [0.717, 1.165) is 18.4 Å². The molecular formula is C22H29N3O4S. The van der Waals surface area contributed by atoms with Gasteiger partial charge in [0.05, 0.1) is 12.0 Å². The largest absolute Gasteiger partial charge is 0.497 e. The summed E-state index contributed by atoms with van der Waals surface area (Å²) in [6.07, 6.45) is 0.738. The summed E-state index contributed by atoms with van der Waals surface area (Å²) in [6.45, 7) is 3.46. The van der Waals surface area contributed by atoms with Crippen LogP contribution in [0.5, 0.6) is 5.75 Å². The lowest BCUT2D eigenvalue weighted by Crippen LogP contribution is -2.58. The van der Waals surface area contributed by atoms with Crippen molar-refractivity contribution in [3.63, 3.8) is 0 Å². The fraction of sp³-hybridized carbons (Fsp3) is 0.409. The van der Waals surface area contributed by atoms with Gasteiger partial charge in [0.25, 0.3) is 5.91 Å². The Labute approximate surface area is 178 Å². The fourth-order valence-electron chi connectivity index (χ4n) is 3.73. The second-order valence-corrected chi connectivity index (χ2v) is 9.60. The first-order valence-corrected chi connectivity index (χ1v) is 11.5. The maximum absolute atomic E-state index is 13.6. The molecule has 30 heavy (non-hydrogen) atoms. The summed E-state index contributed by atoms with van der Waals surface area (Å²) in [5, 5.41) is 0. The minimum absolute atomic E-state index is 0.0505. The molecule has 0 radical (unpaired) electrons. The number of carbonyl (C=O) groups excluding carboxylic acids is 1. The molecule has 7 nitrogen and oxygen atoms in total. The van der Waals surface area contributed by atoms with Gasteiger partial charge in [-0.2, -0.15) is 4.31 Å². The number of benzene rings is 2. The van der Waals surface area contributed by atoms with Gasteiger partial charge in [-0.1, -0.05) is 37.3 Å². The van der Waals surface area contributed by atoms with Gasteiger partial charge in [-0.15, -0.1) is 0 Å². The normalized spacial score (nSPS) is 17.0. The Morgan fingerprint density at radius 3 is 2.27 bits per heavy atom. The molecule has 1 heterocycles. The Morgan fingerprint density at radius 2 is 1.73 bits per heavy atom. The van der Waals surface area contributed by atoms with Gasteiger partial charge in [-0.25, -0.2) is 8.42 Å². The summed E-state index contributed by atoms with van der Waals surface area (Å²) in [4.78, 5) is 14.5. The van der Waals surface area contributed by atoms with E-state index in [1.807, 2.05) is 35.2 Å². The van der Waals surface area contributed by atoms with Crippen LogP contribution in [-0.4, -0.2) is 49.9 Å². The number of piperidine rings is 1. The summed E-state index contributed by atoms with van der Waals surface area (Å²) in [6, 6.07) is 15.4. The number of rotatable bonds is 8. The maximum atomic E-state index is 13.6. The Balaban J connectivity index is 2.02. The molecule has 1 aliphatic rings. The van der Waals surface area contributed by atoms with E-state index in [0.29, 0.717) is 24.8 Å². The summed E-state index contributed by atoms with van der Waals surface area (Å²) < 4.78 is 33.6. The van der Waals surface area contributed by atoms with E-state index in [1.54, 1.807) is 12.1 Å². The van der Waals surface area contributed by atoms with Gasteiger partial charge in [0.15, 0.2) is 6.17 Å². The predicted molar refractivity (Wildman–Crippen MR) is 115 cm³/mol. The van der Waals surface area contributed by atoms with E-state index in [9.17, 15) is 13.2 Å².